The number of nitrogens with one attached hydrogen (secondary N) is 1. The maximum atomic E-state index is 12.8. The smallest absolute Gasteiger partial charge is 0.220 e. The number of fused-ring (bicyclic) bond motifs is 1. The first kappa shape index (κ1) is 19.1. The predicted octanol–water partition coefficient (Wildman–Crippen LogP) is -0.408. The lowest BCUT2D eigenvalue weighted by atomic mass is 9.99. The highest BCUT2D eigenvalue weighted by Crippen LogP contribution is 2.30. The minimum Gasteiger partial charge on any atom is -0.321 e. The quantitative estimate of drug-likeness (QED) is 0.659. The summed E-state index contributed by atoms with van der Waals surface area (Å²) < 4.78 is 26.8. The third kappa shape index (κ3) is 3.71. The van der Waals surface area contributed by atoms with Crippen LogP contribution in [0, 0.1) is 0 Å². The Bertz CT molecular complexity index is 783. The molecule has 0 aromatic carbocycles. The molecule has 2 aliphatic heterocycles. The van der Waals surface area contributed by atoms with E-state index >= 15 is 0 Å². The van der Waals surface area contributed by atoms with Gasteiger partial charge in [-0.25, -0.2) is 8.42 Å². The van der Waals surface area contributed by atoms with Crippen molar-refractivity contribution in [2.24, 2.45) is 5.73 Å². The number of ketones is 2. The number of nitrogens with two attached hydrogens (primary N) is 1. The van der Waals surface area contributed by atoms with Crippen LogP contribution in [-0.2, 0) is 25.4 Å². The standard InChI is InChI=1S/C17H24N4O4S/c1-2-5-12(18)17(23)13-8-14-16(20-13)15(22)9-21(14)26(24,25)10-11-6-3-4-7-19-11/h3-4,6-7,12-14,16,20H,2,5,8-10,18H2,1H3. The van der Waals surface area contributed by atoms with Gasteiger partial charge < -0.3 is 5.73 Å². The second-order valence-corrected chi connectivity index (χ2v) is 8.81. The van der Waals surface area contributed by atoms with Crippen LogP contribution in [0.15, 0.2) is 24.4 Å². The molecule has 4 unspecified atom stereocenters. The number of hydrogen-bond acceptors (Lipinski definition) is 7. The van der Waals surface area contributed by atoms with Crippen molar-refractivity contribution in [3.63, 3.8) is 0 Å². The normalized spacial score (nSPS) is 27.5. The van der Waals surface area contributed by atoms with E-state index < -0.39 is 34.2 Å². The van der Waals surface area contributed by atoms with Crippen molar-refractivity contribution in [2.75, 3.05) is 6.54 Å². The van der Waals surface area contributed by atoms with Gasteiger partial charge in [-0.1, -0.05) is 19.4 Å². The molecule has 26 heavy (non-hydrogen) atoms. The maximum Gasteiger partial charge on any atom is 0.220 e. The molecule has 1 aromatic heterocycles. The van der Waals surface area contributed by atoms with Gasteiger partial charge in [0.1, 0.15) is 5.75 Å². The van der Waals surface area contributed by atoms with E-state index in [0.29, 0.717) is 12.1 Å². The topological polar surface area (TPSA) is 122 Å². The fourth-order valence-corrected chi connectivity index (χ4v) is 5.36. The fourth-order valence-electron chi connectivity index (χ4n) is 3.70. The van der Waals surface area contributed by atoms with Crippen LogP contribution in [0.5, 0.6) is 0 Å². The number of Topliss-reactive ketones (excluding diaryl/α,β-unsaturated/α-hetero) is 2. The molecule has 9 heteroatoms. The van der Waals surface area contributed by atoms with Crippen molar-refractivity contribution in [1.29, 1.82) is 0 Å². The molecule has 3 rings (SSSR count). The Morgan fingerprint density at radius 3 is 2.88 bits per heavy atom. The van der Waals surface area contributed by atoms with Gasteiger partial charge in [0.05, 0.1) is 30.4 Å². The van der Waals surface area contributed by atoms with Gasteiger partial charge in [-0.15, -0.1) is 0 Å². The fraction of sp³-hybridized carbons (Fsp3) is 0.588. The first-order chi connectivity index (χ1) is 12.3. The highest BCUT2D eigenvalue weighted by molar-refractivity contribution is 7.88. The summed E-state index contributed by atoms with van der Waals surface area (Å²) in [5.74, 6) is -0.631. The van der Waals surface area contributed by atoms with E-state index in [1.165, 1.54) is 10.5 Å². The van der Waals surface area contributed by atoms with E-state index in [-0.39, 0.29) is 30.3 Å². The molecule has 2 aliphatic rings. The molecule has 0 spiro atoms. The van der Waals surface area contributed by atoms with E-state index in [1.807, 2.05) is 6.92 Å². The third-order valence-electron chi connectivity index (χ3n) is 4.99. The van der Waals surface area contributed by atoms with E-state index in [0.717, 1.165) is 6.42 Å². The van der Waals surface area contributed by atoms with Crippen molar-refractivity contribution < 1.29 is 18.0 Å². The van der Waals surface area contributed by atoms with E-state index in [9.17, 15) is 18.0 Å². The van der Waals surface area contributed by atoms with Gasteiger partial charge in [-0.2, -0.15) is 4.31 Å². The van der Waals surface area contributed by atoms with E-state index in [4.69, 9.17) is 5.73 Å². The summed E-state index contributed by atoms with van der Waals surface area (Å²) in [6, 6.07) is 2.71. The predicted molar refractivity (Wildman–Crippen MR) is 95.6 cm³/mol. The number of aromatic nitrogens is 1. The van der Waals surface area contributed by atoms with Crippen LogP contribution in [0.2, 0.25) is 0 Å². The van der Waals surface area contributed by atoms with Crippen LogP contribution in [0.1, 0.15) is 31.9 Å². The summed E-state index contributed by atoms with van der Waals surface area (Å²) in [4.78, 5) is 28.8. The largest absolute Gasteiger partial charge is 0.321 e. The second kappa shape index (κ2) is 7.51. The number of pyridine rings is 1. The van der Waals surface area contributed by atoms with Crippen molar-refractivity contribution in [3.8, 4) is 0 Å². The molecule has 0 bridgehead atoms. The Hall–Kier alpha value is -1.68. The summed E-state index contributed by atoms with van der Waals surface area (Å²) in [5.41, 5.74) is 6.32. The molecule has 2 saturated heterocycles. The summed E-state index contributed by atoms with van der Waals surface area (Å²) in [7, 11) is -3.71. The Balaban J connectivity index is 1.75. The molecule has 4 atom stereocenters. The molecule has 1 aromatic rings. The summed E-state index contributed by atoms with van der Waals surface area (Å²) in [6.07, 6.45) is 3.16. The van der Waals surface area contributed by atoms with Gasteiger partial charge in [-0.3, -0.25) is 19.9 Å². The lowest BCUT2D eigenvalue weighted by Crippen LogP contribution is -2.46. The van der Waals surface area contributed by atoms with Gasteiger partial charge >= 0.3 is 0 Å². The Kier molecular flexibility index (Phi) is 5.52. The average molecular weight is 380 g/mol. The van der Waals surface area contributed by atoms with Crippen molar-refractivity contribution >= 4 is 21.6 Å². The molecule has 0 saturated carbocycles. The zero-order valence-corrected chi connectivity index (χ0v) is 15.5. The summed E-state index contributed by atoms with van der Waals surface area (Å²) in [6.45, 7) is 1.78. The molecule has 3 N–H and O–H groups in total. The Morgan fingerprint density at radius 1 is 1.46 bits per heavy atom. The minimum absolute atomic E-state index is 0.156. The molecule has 3 heterocycles. The molecular formula is C17H24N4O4S. The van der Waals surface area contributed by atoms with Crippen LogP contribution in [0.3, 0.4) is 0 Å². The van der Waals surface area contributed by atoms with Crippen molar-refractivity contribution in [2.45, 2.75) is 56.1 Å². The average Bonchev–Trinajstić information content (AvgIpc) is 3.16. The van der Waals surface area contributed by atoms with Gasteiger partial charge in [0.15, 0.2) is 11.6 Å². The lowest BCUT2D eigenvalue weighted by molar-refractivity contribution is -0.122. The van der Waals surface area contributed by atoms with Crippen molar-refractivity contribution in [1.82, 2.24) is 14.6 Å². The Labute approximate surface area is 153 Å². The number of hydrogen-bond donors (Lipinski definition) is 2. The van der Waals surface area contributed by atoms with Gasteiger partial charge in [0.25, 0.3) is 0 Å². The maximum absolute atomic E-state index is 12.8. The molecule has 2 fully saturated rings. The van der Waals surface area contributed by atoms with E-state index in [1.54, 1.807) is 18.2 Å². The summed E-state index contributed by atoms with van der Waals surface area (Å²) >= 11 is 0. The van der Waals surface area contributed by atoms with Crippen LogP contribution in [-0.4, -0.2) is 60.0 Å². The number of carbonyl (C=O) groups is 2. The SMILES string of the molecule is CCCC(N)C(=O)C1CC2C(N1)C(=O)CN2S(=O)(=O)Cc1ccccn1. The first-order valence-electron chi connectivity index (χ1n) is 8.81. The van der Waals surface area contributed by atoms with Crippen LogP contribution >= 0.6 is 0 Å². The van der Waals surface area contributed by atoms with Crippen LogP contribution in [0.25, 0.3) is 0 Å². The van der Waals surface area contributed by atoms with Crippen LogP contribution in [0.4, 0.5) is 0 Å². The number of sulfonamides is 1. The third-order valence-corrected chi connectivity index (χ3v) is 6.77. The number of carbonyl (C=O) groups excluding carboxylic acids is 2. The van der Waals surface area contributed by atoms with Crippen molar-refractivity contribution in [3.05, 3.63) is 30.1 Å². The number of nitrogens with zero attached hydrogens (tertiary/aromatic N) is 2. The molecule has 0 aliphatic carbocycles. The highest BCUT2D eigenvalue weighted by Gasteiger charge is 2.52. The van der Waals surface area contributed by atoms with E-state index in [2.05, 4.69) is 10.3 Å². The molecule has 142 valence electrons. The lowest BCUT2D eigenvalue weighted by Gasteiger charge is -2.22. The Morgan fingerprint density at radius 2 is 2.23 bits per heavy atom. The number of rotatable bonds is 7. The second-order valence-electron chi connectivity index (χ2n) is 6.89. The van der Waals surface area contributed by atoms with Gasteiger partial charge in [0, 0.05) is 12.2 Å². The molecule has 0 radical (unpaired) electrons. The molecular weight excluding hydrogens is 356 g/mol. The minimum atomic E-state index is -3.71. The van der Waals surface area contributed by atoms with Gasteiger partial charge in [0.2, 0.25) is 10.0 Å². The molecule has 8 nitrogen and oxygen atoms in total. The zero-order chi connectivity index (χ0) is 18.9. The zero-order valence-electron chi connectivity index (χ0n) is 14.7. The summed E-state index contributed by atoms with van der Waals surface area (Å²) in [5, 5.41) is 3.01. The molecule has 0 amide bonds. The highest BCUT2D eigenvalue weighted by atomic mass is 32.2. The van der Waals surface area contributed by atoms with Gasteiger partial charge in [-0.05, 0) is 25.0 Å². The monoisotopic (exact) mass is 380 g/mol. The first-order valence-corrected chi connectivity index (χ1v) is 10.4. The van der Waals surface area contributed by atoms with Crippen LogP contribution < -0.4 is 11.1 Å².